The summed E-state index contributed by atoms with van der Waals surface area (Å²) in [6.45, 7) is 4.29. The van der Waals surface area contributed by atoms with Gasteiger partial charge in [-0.25, -0.2) is 4.98 Å². The lowest BCUT2D eigenvalue weighted by molar-refractivity contribution is 0.580. The monoisotopic (exact) mass is 272 g/mol. The van der Waals surface area contributed by atoms with Crippen LogP contribution in [0.25, 0.3) is 16.4 Å². The fraction of sp³-hybridized carbons (Fsp3) is 0.308. The van der Waals surface area contributed by atoms with Crippen molar-refractivity contribution in [1.29, 1.82) is 5.26 Å². The number of nitriles is 1. The summed E-state index contributed by atoms with van der Waals surface area (Å²) in [7, 11) is 0. The van der Waals surface area contributed by atoms with Gasteiger partial charge in [-0.1, -0.05) is 25.2 Å². The predicted molar refractivity (Wildman–Crippen MR) is 71.8 cm³/mol. The SMILES string of the molecule is CC(C)Cc1nn2c(C#N)c(-c3ccco3)nc2s1. The number of hydrogen-bond acceptors (Lipinski definition) is 5. The first-order chi connectivity index (χ1) is 9.19. The third kappa shape index (κ3) is 2.02. The molecule has 3 aromatic heterocycles. The van der Waals surface area contributed by atoms with Crippen molar-refractivity contribution in [2.24, 2.45) is 5.92 Å². The zero-order chi connectivity index (χ0) is 13.4. The Morgan fingerprint density at radius 3 is 3.00 bits per heavy atom. The van der Waals surface area contributed by atoms with E-state index in [1.54, 1.807) is 22.9 Å². The van der Waals surface area contributed by atoms with Crippen molar-refractivity contribution in [2.75, 3.05) is 0 Å². The van der Waals surface area contributed by atoms with Gasteiger partial charge >= 0.3 is 0 Å². The van der Waals surface area contributed by atoms with Crippen LogP contribution in [0.3, 0.4) is 0 Å². The number of aromatic nitrogens is 3. The summed E-state index contributed by atoms with van der Waals surface area (Å²) >= 11 is 1.52. The van der Waals surface area contributed by atoms with Crippen molar-refractivity contribution in [1.82, 2.24) is 14.6 Å². The van der Waals surface area contributed by atoms with E-state index in [1.165, 1.54) is 11.3 Å². The second-order valence-electron chi connectivity index (χ2n) is 4.69. The Bertz CT molecular complexity index is 746. The van der Waals surface area contributed by atoms with E-state index in [0.29, 0.717) is 23.1 Å². The first-order valence-corrected chi connectivity index (χ1v) is 6.83. The molecule has 96 valence electrons. The van der Waals surface area contributed by atoms with Gasteiger partial charge in [0, 0.05) is 6.42 Å². The Kier molecular flexibility index (Phi) is 2.84. The molecule has 0 aliphatic carbocycles. The van der Waals surface area contributed by atoms with Gasteiger partial charge in [-0.2, -0.15) is 14.9 Å². The summed E-state index contributed by atoms with van der Waals surface area (Å²) in [5.74, 6) is 1.13. The summed E-state index contributed by atoms with van der Waals surface area (Å²) in [6.07, 6.45) is 2.47. The molecule has 0 N–H and O–H groups in total. The van der Waals surface area contributed by atoms with Crippen LogP contribution in [0.1, 0.15) is 24.5 Å². The zero-order valence-electron chi connectivity index (χ0n) is 10.6. The third-order valence-electron chi connectivity index (χ3n) is 2.69. The molecular formula is C13H12N4OS. The minimum atomic E-state index is 0.427. The standard InChI is InChI=1S/C13H12N4OS/c1-8(2)6-11-16-17-9(7-14)12(15-13(17)19-11)10-4-3-5-18-10/h3-5,8H,6H2,1-2H3. The van der Waals surface area contributed by atoms with Gasteiger partial charge in [-0.3, -0.25) is 0 Å². The van der Waals surface area contributed by atoms with E-state index >= 15 is 0 Å². The van der Waals surface area contributed by atoms with Crippen molar-refractivity contribution in [3.63, 3.8) is 0 Å². The number of nitrogens with zero attached hydrogens (tertiary/aromatic N) is 4. The minimum absolute atomic E-state index is 0.427. The zero-order valence-corrected chi connectivity index (χ0v) is 11.4. The normalized spacial score (nSPS) is 11.3. The average Bonchev–Trinajstić information content (AvgIpc) is 3.00. The lowest BCUT2D eigenvalue weighted by Gasteiger charge is -1.97. The molecule has 19 heavy (non-hydrogen) atoms. The molecule has 0 aliphatic heterocycles. The Hall–Kier alpha value is -2.13. The fourth-order valence-corrected chi connectivity index (χ4v) is 3.01. The van der Waals surface area contributed by atoms with E-state index in [-0.39, 0.29) is 0 Å². The van der Waals surface area contributed by atoms with Crippen LogP contribution in [0.15, 0.2) is 22.8 Å². The predicted octanol–water partition coefficient (Wildman–Crippen LogP) is 3.12. The Labute approximate surface area is 114 Å². The quantitative estimate of drug-likeness (QED) is 0.734. The van der Waals surface area contributed by atoms with Gasteiger partial charge in [0.25, 0.3) is 0 Å². The number of imidazole rings is 1. The molecule has 0 unspecified atom stereocenters. The van der Waals surface area contributed by atoms with Crippen molar-refractivity contribution in [3.05, 3.63) is 29.1 Å². The van der Waals surface area contributed by atoms with E-state index in [2.05, 4.69) is 30.0 Å². The number of rotatable bonds is 3. The van der Waals surface area contributed by atoms with Gasteiger partial charge in [0.2, 0.25) is 4.96 Å². The summed E-state index contributed by atoms with van der Waals surface area (Å²) < 4.78 is 6.92. The van der Waals surface area contributed by atoms with Gasteiger partial charge in [0.05, 0.1) is 6.26 Å². The van der Waals surface area contributed by atoms with Crippen LogP contribution < -0.4 is 0 Å². The first kappa shape index (κ1) is 11.9. The molecule has 5 nitrogen and oxygen atoms in total. The molecule has 6 heteroatoms. The van der Waals surface area contributed by atoms with Gasteiger partial charge in [0.1, 0.15) is 16.8 Å². The highest BCUT2D eigenvalue weighted by atomic mass is 32.1. The van der Waals surface area contributed by atoms with E-state index in [9.17, 15) is 5.26 Å². The second-order valence-corrected chi connectivity index (χ2v) is 5.73. The molecule has 0 aliphatic rings. The van der Waals surface area contributed by atoms with Crippen LogP contribution in [-0.2, 0) is 6.42 Å². The number of furan rings is 1. The molecule has 3 rings (SSSR count). The van der Waals surface area contributed by atoms with Crippen molar-refractivity contribution in [3.8, 4) is 17.5 Å². The topological polar surface area (TPSA) is 67.1 Å². The molecular weight excluding hydrogens is 260 g/mol. The van der Waals surface area contributed by atoms with Crippen molar-refractivity contribution < 1.29 is 4.42 Å². The van der Waals surface area contributed by atoms with Crippen LogP contribution in [0.2, 0.25) is 0 Å². The van der Waals surface area contributed by atoms with Gasteiger partial charge < -0.3 is 4.42 Å². The largest absolute Gasteiger partial charge is 0.463 e. The highest BCUT2D eigenvalue weighted by molar-refractivity contribution is 7.16. The molecule has 0 bridgehead atoms. The Morgan fingerprint density at radius 2 is 2.37 bits per heavy atom. The molecule has 0 fully saturated rings. The summed E-state index contributed by atoms with van der Waals surface area (Å²) in [4.78, 5) is 5.19. The number of hydrogen-bond donors (Lipinski definition) is 0. The average molecular weight is 272 g/mol. The van der Waals surface area contributed by atoms with Crippen LogP contribution in [0.4, 0.5) is 0 Å². The molecule has 3 aromatic rings. The summed E-state index contributed by atoms with van der Waals surface area (Å²) in [6, 6.07) is 5.73. The molecule has 0 atom stereocenters. The maximum atomic E-state index is 9.31. The van der Waals surface area contributed by atoms with Crippen LogP contribution >= 0.6 is 11.3 Å². The van der Waals surface area contributed by atoms with Gasteiger partial charge in [-0.15, -0.1) is 0 Å². The molecule has 0 saturated heterocycles. The van der Waals surface area contributed by atoms with Crippen molar-refractivity contribution in [2.45, 2.75) is 20.3 Å². The van der Waals surface area contributed by atoms with E-state index < -0.39 is 0 Å². The highest BCUT2D eigenvalue weighted by Crippen LogP contribution is 2.27. The van der Waals surface area contributed by atoms with Crippen molar-refractivity contribution >= 4 is 16.3 Å². The van der Waals surface area contributed by atoms with E-state index in [1.807, 2.05) is 0 Å². The number of fused-ring (bicyclic) bond motifs is 1. The van der Waals surface area contributed by atoms with Crippen LogP contribution in [0.5, 0.6) is 0 Å². The molecule has 0 spiro atoms. The maximum Gasteiger partial charge on any atom is 0.214 e. The lowest BCUT2D eigenvalue weighted by atomic mass is 10.1. The Balaban J connectivity index is 2.13. The Morgan fingerprint density at radius 1 is 1.53 bits per heavy atom. The van der Waals surface area contributed by atoms with E-state index in [0.717, 1.165) is 16.4 Å². The molecule has 0 aromatic carbocycles. The molecule has 0 saturated carbocycles. The van der Waals surface area contributed by atoms with E-state index in [4.69, 9.17) is 4.42 Å². The molecule has 0 amide bonds. The van der Waals surface area contributed by atoms with Gasteiger partial charge in [-0.05, 0) is 18.1 Å². The molecule has 0 radical (unpaired) electrons. The second kappa shape index (κ2) is 4.52. The smallest absolute Gasteiger partial charge is 0.214 e. The highest BCUT2D eigenvalue weighted by Gasteiger charge is 2.19. The van der Waals surface area contributed by atoms with Crippen LogP contribution in [0, 0.1) is 17.2 Å². The molecule has 3 heterocycles. The summed E-state index contributed by atoms with van der Waals surface area (Å²) in [5.41, 5.74) is 0.985. The van der Waals surface area contributed by atoms with Crippen LogP contribution in [-0.4, -0.2) is 14.6 Å². The van der Waals surface area contributed by atoms with Gasteiger partial charge in [0.15, 0.2) is 11.5 Å². The maximum absolute atomic E-state index is 9.31. The lowest BCUT2D eigenvalue weighted by Crippen LogP contribution is -1.96. The third-order valence-corrected chi connectivity index (χ3v) is 3.62. The fourth-order valence-electron chi connectivity index (χ4n) is 1.91. The summed E-state index contributed by atoms with van der Waals surface area (Å²) in [5, 5.41) is 14.8. The first-order valence-electron chi connectivity index (χ1n) is 6.01. The minimum Gasteiger partial charge on any atom is -0.463 e.